The standard InChI is InChI=1S/C15H11BrN2O2S/c1-8-13(15(19)20)14(21-18-8)17-12-5-3-9-6-11(16)4-2-10(9)7-12/h2-7,17H,1H3,(H,19,20). The van der Waals surface area contributed by atoms with Crippen molar-refractivity contribution < 1.29 is 9.90 Å². The predicted molar refractivity (Wildman–Crippen MR) is 88.7 cm³/mol. The summed E-state index contributed by atoms with van der Waals surface area (Å²) in [4.78, 5) is 11.3. The topological polar surface area (TPSA) is 62.2 Å². The quantitative estimate of drug-likeness (QED) is 0.701. The van der Waals surface area contributed by atoms with Crippen molar-refractivity contribution in [1.29, 1.82) is 0 Å². The lowest BCUT2D eigenvalue weighted by molar-refractivity contribution is 0.0697. The molecule has 3 rings (SSSR count). The Bertz CT molecular complexity index is 845. The number of hydrogen-bond acceptors (Lipinski definition) is 4. The number of carboxylic acid groups (broad SMARTS) is 1. The third-order valence-corrected chi connectivity index (χ3v) is 4.48. The molecule has 0 aliphatic carbocycles. The Kier molecular flexibility index (Phi) is 3.65. The van der Waals surface area contributed by atoms with Gasteiger partial charge in [-0.25, -0.2) is 4.79 Å². The van der Waals surface area contributed by atoms with E-state index >= 15 is 0 Å². The lowest BCUT2D eigenvalue weighted by Crippen LogP contribution is -2.01. The maximum Gasteiger partial charge on any atom is 0.340 e. The van der Waals surface area contributed by atoms with Crippen molar-refractivity contribution in [1.82, 2.24) is 4.37 Å². The first-order chi connectivity index (χ1) is 10.0. The van der Waals surface area contributed by atoms with Crippen LogP contribution in [0.5, 0.6) is 0 Å². The number of rotatable bonds is 3. The van der Waals surface area contributed by atoms with E-state index in [1.807, 2.05) is 36.4 Å². The van der Waals surface area contributed by atoms with E-state index in [4.69, 9.17) is 0 Å². The molecule has 0 radical (unpaired) electrons. The maximum atomic E-state index is 11.3. The molecule has 0 fully saturated rings. The summed E-state index contributed by atoms with van der Waals surface area (Å²) in [7, 11) is 0. The van der Waals surface area contributed by atoms with E-state index in [1.165, 1.54) is 0 Å². The van der Waals surface area contributed by atoms with Gasteiger partial charge in [0.2, 0.25) is 0 Å². The molecule has 1 heterocycles. The number of benzene rings is 2. The number of carbonyl (C=O) groups is 1. The Morgan fingerprint density at radius 2 is 1.95 bits per heavy atom. The summed E-state index contributed by atoms with van der Waals surface area (Å²) >= 11 is 4.60. The molecule has 0 aliphatic heterocycles. The molecule has 1 aromatic heterocycles. The van der Waals surface area contributed by atoms with E-state index in [-0.39, 0.29) is 5.56 Å². The monoisotopic (exact) mass is 362 g/mol. The Labute approximate surface area is 133 Å². The second kappa shape index (κ2) is 5.46. The molecule has 0 atom stereocenters. The maximum absolute atomic E-state index is 11.3. The number of fused-ring (bicyclic) bond motifs is 1. The SMILES string of the molecule is Cc1nsc(Nc2ccc3cc(Br)ccc3c2)c1C(=O)O. The van der Waals surface area contributed by atoms with Crippen LogP contribution in [0.3, 0.4) is 0 Å². The first-order valence-corrected chi connectivity index (χ1v) is 7.77. The van der Waals surface area contributed by atoms with E-state index < -0.39 is 5.97 Å². The smallest absolute Gasteiger partial charge is 0.340 e. The predicted octanol–water partition coefficient (Wildman–Crippen LogP) is 4.81. The Balaban J connectivity index is 1.99. The van der Waals surface area contributed by atoms with Gasteiger partial charge in [0.1, 0.15) is 10.6 Å². The lowest BCUT2D eigenvalue weighted by Gasteiger charge is -2.07. The summed E-state index contributed by atoms with van der Waals surface area (Å²) in [6.45, 7) is 1.70. The average Bonchev–Trinajstić information content (AvgIpc) is 2.80. The van der Waals surface area contributed by atoms with E-state index in [0.717, 1.165) is 32.5 Å². The van der Waals surface area contributed by atoms with Crippen LogP contribution in [-0.2, 0) is 0 Å². The zero-order valence-corrected chi connectivity index (χ0v) is 13.5. The molecule has 3 aromatic rings. The highest BCUT2D eigenvalue weighted by molar-refractivity contribution is 9.10. The van der Waals surface area contributed by atoms with Gasteiger partial charge in [-0.1, -0.05) is 28.1 Å². The molecule has 2 aromatic carbocycles. The molecule has 0 saturated heterocycles. The van der Waals surface area contributed by atoms with Crippen LogP contribution in [0.4, 0.5) is 10.7 Å². The fourth-order valence-corrected chi connectivity index (χ4v) is 3.32. The zero-order valence-electron chi connectivity index (χ0n) is 11.1. The van der Waals surface area contributed by atoms with Crippen molar-refractivity contribution in [2.45, 2.75) is 6.92 Å². The Morgan fingerprint density at radius 1 is 1.24 bits per heavy atom. The normalized spacial score (nSPS) is 10.8. The number of nitrogens with one attached hydrogen (secondary N) is 1. The molecule has 2 N–H and O–H groups in total. The van der Waals surface area contributed by atoms with Gasteiger partial charge in [0.05, 0.1) is 5.69 Å². The largest absolute Gasteiger partial charge is 0.478 e. The van der Waals surface area contributed by atoms with Gasteiger partial charge < -0.3 is 10.4 Å². The van der Waals surface area contributed by atoms with Crippen molar-refractivity contribution >= 4 is 54.9 Å². The van der Waals surface area contributed by atoms with E-state index in [0.29, 0.717) is 10.7 Å². The molecular weight excluding hydrogens is 352 g/mol. The summed E-state index contributed by atoms with van der Waals surface area (Å²) in [6, 6.07) is 11.9. The molecule has 0 spiro atoms. The fraction of sp³-hybridized carbons (Fsp3) is 0.0667. The minimum absolute atomic E-state index is 0.232. The molecular formula is C15H11BrN2O2S. The summed E-state index contributed by atoms with van der Waals surface area (Å²) in [5.74, 6) is -0.964. The third-order valence-electron chi connectivity index (χ3n) is 3.14. The van der Waals surface area contributed by atoms with E-state index in [9.17, 15) is 9.90 Å². The second-order valence-electron chi connectivity index (χ2n) is 4.61. The molecule has 6 heteroatoms. The van der Waals surface area contributed by atoms with Crippen LogP contribution < -0.4 is 5.32 Å². The van der Waals surface area contributed by atoms with Gasteiger partial charge in [0.25, 0.3) is 0 Å². The van der Waals surface area contributed by atoms with Crippen molar-refractivity contribution in [3.8, 4) is 0 Å². The van der Waals surface area contributed by atoms with Crippen molar-refractivity contribution in [2.24, 2.45) is 0 Å². The third kappa shape index (κ3) is 2.77. The van der Waals surface area contributed by atoms with Gasteiger partial charge in [-0.05, 0) is 53.5 Å². The summed E-state index contributed by atoms with van der Waals surface area (Å²) in [6.07, 6.45) is 0. The number of anilines is 2. The van der Waals surface area contributed by atoms with Crippen LogP contribution in [0.25, 0.3) is 10.8 Å². The van der Waals surface area contributed by atoms with Crippen LogP contribution in [-0.4, -0.2) is 15.4 Å². The molecule has 0 bridgehead atoms. The van der Waals surface area contributed by atoms with Crippen molar-refractivity contribution in [3.05, 3.63) is 52.1 Å². The fourth-order valence-electron chi connectivity index (χ4n) is 2.13. The van der Waals surface area contributed by atoms with Crippen molar-refractivity contribution in [3.63, 3.8) is 0 Å². The highest BCUT2D eigenvalue weighted by Gasteiger charge is 2.17. The first kappa shape index (κ1) is 14.0. The number of hydrogen-bond donors (Lipinski definition) is 2. The number of aryl methyl sites for hydroxylation is 1. The number of halogens is 1. The molecule has 0 amide bonds. The zero-order chi connectivity index (χ0) is 15.0. The molecule has 0 aliphatic rings. The Hall–Kier alpha value is -1.92. The molecule has 4 nitrogen and oxygen atoms in total. The van der Waals surface area contributed by atoms with Crippen LogP contribution in [0.15, 0.2) is 40.9 Å². The molecule has 0 unspecified atom stereocenters. The van der Waals surface area contributed by atoms with Crippen LogP contribution in [0.1, 0.15) is 16.1 Å². The summed E-state index contributed by atoms with van der Waals surface area (Å²) < 4.78 is 5.13. The number of aromatic carboxylic acids is 1. The van der Waals surface area contributed by atoms with Gasteiger partial charge >= 0.3 is 5.97 Å². The van der Waals surface area contributed by atoms with Gasteiger partial charge in [-0.15, -0.1) is 0 Å². The van der Waals surface area contributed by atoms with Gasteiger partial charge in [0, 0.05) is 10.2 Å². The van der Waals surface area contributed by atoms with Gasteiger partial charge in [-0.2, -0.15) is 4.37 Å². The average molecular weight is 363 g/mol. The molecule has 0 saturated carbocycles. The van der Waals surface area contributed by atoms with Crippen LogP contribution in [0.2, 0.25) is 0 Å². The second-order valence-corrected chi connectivity index (χ2v) is 6.30. The number of carboxylic acids is 1. The van der Waals surface area contributed by atoms with Crippen LogP contribution >= 0.6 is 27.5 Å². The van der Waals surface area contributed by atoms with Gasteiger partial charge in [-0.3, -0.25) is 0 Å². The van der Waals surface area contributed by atoms with Crippen LogP contribution in [0, 0.1) is 6.92 Å². The summed E-state index contributed by atoms with van der Waals surface area (Å²) in [5.41, 5.74) is 1.60. The number of aromatic nitrogens is 1. The summed E-state index contributed by atoms with van der Waals surface area (Å²) in [5, 5.41) is 15.1. The molecule has 21 heavy (non-hydrogen) atoms. The van der Waals surface area contributed by atoms with Crippen molar-refractivity contribution in [2.75, 3.05) is 5.32 Å². The van der Waals surface area contributed by atoms with E-state index in [1.54, 1.807) is 6.92 Å². The van der Waals surface area contributed by atoms with Gasteiger partial charge in [0.15, 0.2) is 0 Å². The molecule has 106 valence electrons. The highest BCUT2D eigenvalue weighted by Crippen LogP contribution is 2.30. The van der Waals surface area contributed by atoms with E-state index in [2.05, 4.69) is 25.6 Å². The Morgan fingerprint density at radius 3 is 2.71 bits per heavy atom. The lowest BCUT2D eigenvalue weighted by atomic mass is 10.1. The minimum Gasteiger partial charge on any atom is -0.478 e. The highest BCUT2D eigenvalue weighted by atomic mass is 79.9. The first-order valence-electron chi connectivity index (χ1n) is 6.20. The number of nitrogens with zero attached hydrogens (tertiary/aromatic N) is 1. The minimum atomic E-state index is -0.964.